The van der Waals surface area contributed by atoms with Gasteiger partial charge in [-0.3, -0.25) is 9.59 Å². The summed E-state index contributed by atoms with van der Waals surface area (Å²) in [5.41, 5.74) is 4.42. The van der Waals surface area contributed by atoms with Crippen molar-refractivity contribution in [1.29, 1.82) is 0 Å². The van der Waals surface area contributed by atoms with E-state index in [-0.39, 0.29) is 17.8 Å². The van der Waals surface area contributed by atoms with E-state index in [2.05, 4.69) is 6.92 Å². The van der Waals surface area contributed by atoms with Gasteiger partial charge in [0.05, 0.1) is 19.1 Å². The van der Waals surface area contributed by atoms with Gasteiger partial charge in [-0.2, -0.15) is 0 Å². The van der Waals surface area contributed by atoms with E-state index in [1.165, 1.54) is 12.1 Å². The Hall–Kier alpha value is -4.27. The first-order valence-electron chi connectivity index (χ1n) is 16.4. The summed E-state index contributed by atoms with van der Waals surface area (Å²) in [7, 11) is 0. The average Bonchev–Trinajstić information content (AvgIpc) is 3.05. The molecule has 3 aromatic rings. The number of halogens is 1. The van der Waals surface area contributed by atoms with Crippen molar-refractivity contribution in [2.45, 2.75) is 84.8 Å². The summed E-state index contributed by atoms with van der Waals surface area (Å²) in [6, 6.07) is 13.6. The quantitative estimate of drug-likeness (QED) is 0.110. The third-order valence-electron chi connectivity index (χ3n) is 8.46. The number of unbranched alkanes of at least 4 members (excludes halogenated alkanes) is 1. The topological polar surface area (TPSA) is 106 Å². The summed E-state index contributed by atoms with van der Waals surface area (Å²) in [4.78, 5) is 24.8. The van der Waals surface area contributed by atoms with Crippen molar-refractivity contribution in [3.8, 4) is 34.1 Å². The van der Waals surface area contributed by atoms with Crippen molar-refractivity contribution >= 4 is 12.4 Å². The predicted molar refractivity (Wildman–Crippen MR) is 175 cm³/mol. The summed E-state index contributed by atoms with van der Waals surface area (Å²) < 4.78 is 32.1. The van der Waals surface area contributed by atoms with Gasteiger partial charge in [0.15, 0.2) is 6.23 Å². The standard InChI is InChI=1S/C37H46FNO7/c1-4-9-30-33(17-13-28-14-18-35(46-36(28)30)39(24-40)19-7-6-10-25(3)37(42)43)44-20-8-21-45-34-23-32(41)31(22-26(34)5-2)27-11-15-29(38)16-12-27/h11-13,15-17,22-25,35,41H,4-10,14,18-21H2,1-3H3,(H,42,43). The molecule has 1 aliphatic heterocycles. The van der Waals surface area contributed by atoms with Gasteiger partial charge in [-0.05, 0) is 73.1 Å². The number of amides is 1. The Kier molecular flexibility index (Phi) is 12.7. The average molecular weight is 636 g/mol. The van der Waals surface area contributed by atoms with Crippen LogP contribution in [-0.2, 0) is 28.9 Å². The molecule has 0 aliphatic carbocycles. The van der Waals surface area contributed by atoms with Gasteiger partial charge in [-0.1, -0.05) is 51.8 Å². The number of hydrogen-bond acceptors (Lipinski definition) is 6. The van der Waals surface area contributed by atoms with Crippen molar-refractivity contribution < 1.29 is 38.4 Å². The molecular weight excluding hydrogens is 589 g/mol. The number of phenols is 1. The van der Waals surface area contributed by atoms with Gasteiger partial charge in [0, 0.05) is 36.6 Å². The van der Waals surface area contributed by atoms with Gasteiger partial charge in [0.1, 0.15) is 28.8 Å². The van der Waals surface area contributed by atoms with Gasteiger partial charge in [-0.25, -0.2) is 4.39 Å². The smallest absolute Gasteiger partial charge is 0.306 e. The molecule has 0 spiro atoms. The maximum absolute atomic E-state index is 13.4. The number of carboxylic acid groups (broad SMARTS) is 1. The second-order valence-corrected chi connectivity index (χ2v) is 11.9. The summed E-state index contributed by atoms with van der Waals surface area (Å²) >= 11 is 0. The van der Waals surface area contributed by atoms with Crippen molar-refractivity contribution in [3.63, 3.8) is 0 Å². The van der Waals surface area contributed by atoms with Gasteiger partial charge < -0.3 is 29.3 Å². The van der Waals surface area contributed by atoms with Gasteiger partial charge in [0.25, 0.3) is 0 Å². The van der Waals surface area contributed by atoms with Crippen LogP contribution in [0, 0.1) is 11.7 Å². The van der Waals surface area contributed by atoms with Crippen LogP contribution in [0.15, 0.2) is 48.5 Å². The van der Waals surface area contributed by atoms with Crippen molar-refractivity contribution in [2.75, 3.05) is 19.8 Å². The van der Waals surface area contributed by atoms with Crippen molar-refractivity contribution in [3.05, 3.63) is 71.0 Å². The van der Waals surface area contributed by atoms with E-state index in [4.69, 9.17) is 19.3 Å². The Morgan fingerprint density at radius 1 is 1.07 bits per heavy atom. The van der Waals surface area contributed by atoms with E-state index in [0.29, 0.717) is 63.2 Å². The summed E-state index contributed by atoms with van der Waals surface area (Å²) in [6.45, 7) is 7.17. The highest BCUT2D eigenvalue weighted by molar-refractivity contribution is 5.72. The Bertz CT molecular complexity index is 1460. The number of nitrogens with zero attached hydrogens (tertiary/aromatic N) is 1. The van der Waals surface area contributed by atoms with Crippen LogP contribution >= 0.6 is 0 Å². The number of rotatable bonds is 18. The molecule has 0 radical (unpaired) electrons. The van der Waals surface area contributed by atoms with Crippen LogP contribution in [0.5, 0.6) is 23.0 Å². The fourth-order valence-corrected chi connectivity index (χ4v) is 5.77. The van der Waals surface area contributed by atoms with Crippen LogP contribution in [0.4, 0.5) is 4.39 Å². The molecule has 1 amide bonds. The molecule has 3 aromatic carbocycles. The number of carbonyl (C=O) groups excluding carboxylic acids is 1. The highest BCUT2D eigenvalue weighted by Gasteiger charge is 2.28. The van der Waals surface area contributed by atoms with E-state index in [1.54, 1.807) is 30.0 Å². The zero-order valence-corrected chi connectivity index (χ0v) is 27.1. The highest BCUT2D eigenvalue weighted by Crippen LogP contribution is 2.39. The minimum absolute atomic E-state index is 0.0764. The lowest BCUT2D eigenvalue weighted by molar-refractivity contribution is -0.141. The number of aromatic hydroxyl groups is 1. The van der Waals surface area contributed by atoms with Crippen LogP contribution in [0.1, 0.15) is 76.0 Å². The fourth-order valence-electron chi connectivity index (χ4n) is 5.77. The Morgan fingerprint density at radius 3 is 2.48 bits per heavy atom. The molecule has 1 heterocycles. The Balaban J connectivity index is 1.34. The second kappa shape index (κ2) is 16.9. The molecule has 0 fully saturated rings. The maximum atomic E-state index is 13.4. The molecular formula is C37H46FNO7. The van der Waals surface area contributed by atoms with E-state index in [0.717, 1.165) is 65.8 Å². The van der Waals surface area contributed by atoms with E-state index < -0.39 is 11.9 Å². The van der Waals surface area contributed by atoms with E-state index in [1.807, 2.05) is 25.1 Å². The number of aliphatic carboxylic acids is 1. The molecule has 4 rings (SSSR count). The van der Waals surface area contributed by atoms with Crippen LogP contribution in [0.25, 0.3) is 11.1 Å². The molecule has 2 unspecified atom stereocenters. The number of ether oxygens (including phenoxy) is 3. The molecule has 2 N–H and O–H groups in total. The third-order valence-corrected chi connectivity index (χ3v) is 8.46. The highest BCUT2D eigenvalue weighted by atomic mass is 19.1. The zero-order chi connectivity index (χ0) is 33.1. The minimum Gasteiger partial charge on any atom is -0.507 e. The summed E-state index contributed by atoms with van der Waals surface area (Å²) in [5.74, 6) is 0.724. The summed E-state index contributed by atoms with van der Waals surface area (Å²) in [5, 5.41) is 19.8. The molecule has 46 heavy (non-hydrogen) atoms. The zero-order valence-electron chi connectivity index (χ0n) is 27.1. The van der Waals surface area contributed by atoms with Crippen molar-refractivity contribution in [1.82, 2.24) is 4.90 Å². The molecule has 0 saturated heterocycles. The minimum atomic E-state index is -0.798. The fraction of sp³-hybridized carbons (Fsp3) is 0.459. The van der Waals surface area contributed by atoms with Crippen LogP contribution in [-0.4, -0.2) is 53.5 Å². The predicted octanol–water partition coefficient (Wildman–Crippen LogP) is 7.56. The van der Waals surface area contributed by atoms with Gasteiger partial charge in [-0.15, -0.1) is 0 Å². The molecule has 9 heteroatoms. The number of hydrogen-bond donors (Lipinski definition) is 2. The Morgan fingerprint density at radius 2 is 1.80 bits per heavy atom. The first-order valence-corrected chi connectivity index (χ1v) is 16.4. The molecule has 0 bridgehead atoms. The van der Waals surface area contributed by atoms with Crippen LogP contribution < -0.4 is 14.2 Å². The van der Waals surface area contributed by atoms with Crippen LogP contribution in [0.3, 0.4) is 0 Å². The maximum Gasteiger partial charge on any atom is 0.306 e. The second-order valence-electron chi connectivity index (χ2n) is 11.9. The molecule has 2 atom stereocenters. The Labute approximate surface area is 271 Å². The lowest BCUT2D eigenvalue weighted by Gasteiger charge is -2.34. The number of benzene rings is 3. The SMILES string of the molecule is CCCc1c(OCCCOc2cc(O)c(-c3ccc(F)cc3)cc2CC)ccc2c1OC(N(C=O)CCCCC(C)C(=O)O)CC2. The molecule has 0 saturated carbocycles. The molecule has 0 aromatic heterocycles. The lowest BCUT2D eigenvalue weighted by atomic mass is 9.97. The van der Waals surface area contributed by atoms with Crippen LogP contribution in [0.2, 0.25) is 0 Å². The largest absolute Gasteiger partial charge is 0.507 e. The van der Waals surface area contributed by atoms with E-state index >= 15 is 0 Å². The molecule has 1 aliphatic rings. The monoisotopic (exact) mass is 635 g/mol. The van der Waals surface area contributed by atoms with Gasteiger partial charge in [0.2, 0.25) is 6.41 Å². The van der Waals surface area contributed by atoms with E-state index in [9.17, 15) is 19.1 Å². The number of fused-ring (bicyclic) bond motifs is 1. The van der Waals surface area contributed by atoms with Gasteiger partial charge >= 0.3 is 5.97 Å². The molecule has 248 valence electrons. The number of carboxylic acids is 1. The third kappa shape index (κ3) is 8.92. The lowest BCUT2D eigenvalue weighted by Crippen LogP contribution is -2.41. The molecule has 8 nitrogen and oxygen atoms in total. The van der Waals surface area contributed by atoms with Crippen molar-refractivity contribution in [2.24, 2.45) is 5.92 Å². The normalized spacial score (nSPS) is 14.6. The first kappa shape index (κ1) is 34.6. The number of aryl methyl sites for hydroxylation is 2. The summed E-state index contributed by atoms with van der Waals surface area (Å²) in [6.07, 6.45) is 6.97. The number of phenolic OH excluding ortho intramolecular Hbond substituents is 1. The first-order chi connectivity index (χ1) is 22.2. The number of carbonyl (C=O) groups is 2.